The molecule has 0 aliphatic carbocycles. The van der Waals surface area contributed by atoms with Crippen LogP contribution in [0.2, 0.25) is 0 Å². The topological polar surface area (TPSA) is 141 Å². The molecule has 0 fully saturated rings. The van der Waals surface area contributed by atoms with Crippen LogP contribution in [0.1, 0.15) is 43.0 Å². The molecule has 2 aromatic heterocycles. The van der Waals surface area contributed by atoms with Gasteiger partial charge in [-0.3, -0.25) is 14.8 Å². The summed E-state index contributed by atoms with van der Waals surface area (Å²) in [7, 11) is 1.74. The number of anilines is 1. The third-order valence-corrected chi connectivity index (χ3v) is 2.98. The summed E-state index contributed by atoms with van der Waals surface area (Å²) in [5, 5.41) is 13.1. The van der Waals surface area contributed by atoms with Crippen molar-refractivity contribution in [3.05, 3.63) is 23.5 Å². The fourth-order valence-corrected chi connectivity index (χ4v) is 1.70. The standard InChI is InChI=1S/C13H19N7O3/c1-13(2,3)7-5-9(20(4)18-7)17-12(22)15-6-8-16-11(10(14)21)23-19-8/h5H,6H2,1-4H3,(H2,14,21)(H2,15,17,22). The number of urea groups is 1. The second-order valence-electron chi connectivity index (χ2n) is 5.98. The molecule has 2 rings (SSSR count). The molecule has 2 aromatic rings. The van der Waals surface area contributed by atoms with E-state index in [0.29, 0.717) is 5.82 Å². The SMILES string of the molecule is Cn1nc(C(C)(C)C)cc1NC(=O)NCc1noc(C(N)=O)n1. The Morgan fingerprint density at radius 3 is 2.61 bits per heavy atom. The van der Waals surface area contributed by atoms with Gasteiger partial charge in [0.15, 0.2) is 5.82 Å². The van der Waals surface area contributed by atoms with Crippen molar-refractivity contribution in [1.29, 1.82) is 0 Å². The van der Waals surface area contributed by atoms with E-state index in [1.165, 1.54) is 0 Å². The van der Waals surface area contributed by atoms with Gasteiger partial charge in [0.1, 0.15) is 5.82 Å². The first-order valence-electron chi connectivity index (χ1n) is 6.88. The van der Waals surface area contributed by atoms with Gasteiger partial charge in [-0.05, 0) is 0 Å². The van der Waals surface area contributed by atoms with Crippen molar-refractivity contribution < 1.29 is 14.1 Å². The lowest BCUT2D eigenvalue weighted by molar-refractivity contribution is 0.0958. The number of hydrogen-bond acceptors (Lipinski definition) is 6. The van der Waals surface area contributed by atoms with Gasteiger partial charge in [0.2, 0.25) is 0 Å². The van der Waals surface area contributed by atoms with Crippen molar-refractivity contribution in [3.63, 3.8) is 0 Å². The van der Waals surface area contributed by atoms with Crippen molar-refractivity contribution in [2.24, 2.45) is 12.8 Å². The van der Waals surface area contributed by atoms with E-state index in [0.717, 1.165) is 5.69 Å². The minimum absolute atomic E-state index is 0.00735. The van der Waals surface area contributed by atoms with Crippen molar-refractivity contribution in [2.75, 3.05) is 5.32 Å². The van der Waals surface area contributed by atoms with E-state index < -0.39 is 11.9 Å². The Hall–Kier alpha value is -2.91. The predicted octanol–water partition coefficient (Wildman–Crippen LogP) is 0.521. The van der Waals surface area contributed by atoms with Gasteiger partial charge in [-0.15, -0.1) is 0 Å². The molecule has 3 amide bonds. The average molecular weight is 321 g/mol. The molecule has 0 radical (unpaired) electrons. The van der Waals surface area contributed by atoms with Crippen LogP contribution in [0.4, 0.5) is 10.6 Å². The molecule has 0 aliphatic rings. The van der Waals surface area contributed by atoms with Crippen LogP contribution in [0.25, 0.3) is 0 Å². The minimum atomic E-state index is -0.821. The number of nitrogens with two attached hydrogens (primary N) is 1. The number of aromatic nitrogens is 4. The van der Waals surface area contributed by atoms with Crippen LogP contribution in [0.15, 0.2) is 10.6 Å². The van der Waals surface area contributed by atoms with E-state index in [-0.39, 0.29) is 23.7 Å². The summed E-state index contributed by atoms with van der Waals surface area (Å²) in [6.07, 6.45) is 0. The smallest absolute Gasteiger partial charge is 0.320 e. The predicted molar refractivity (Wildman–Crippen MR) is 80.6 cm³/mol. The van der Waals surface area contributed by atoms with Crippen LogP contribution in [-0.2, 0) is 19.0 Å². The van der Waals surface area contributed by atoms with Gasteiger partial charge in [0.25, 0.3) is 0 Å². The number of nitrogens with one attached hydrogen (secondary N) is 2. The molecular formula is C13H19N7O3. The third-order valence-electron chi connectivity index (χ3n) is 2.98. The van der Waals surface area contributed by atoms with Crippen LogP contribution in [0.5, 0.6) is 0 Å². The molecule has 10 nitrogen and oxygen atoms in total. The first-order chi connectivity index (χ1) is 10.7. The number of primary amides is 1. The highest BCUT2D eigenvalue weighted by atomic mass is 16.5. The van der Waals surface area contributed by atoms with Gasteiger partial charge in [-0.2, -0.15) is 10.1 Å². The molecule has 0 spiro atoms. The summed E-state index contributed by atoms with van der Waals surface area (Å²) >= 11 is 0. The maximum Gasteiger partial charge on any atom is 0.320 e. The molecule has 0 aromatic carbocycles. The van der Waals surface area contributed by atoms with E-state index in [2.05, 4.69) is 30.4 Å². The lowest BCUT2D eigenvalue weighted by atomic mass is 9.92. The zero-order chi connectivity index (χ0) is 17.2. The van der Waals surface area contributed by atoms with Crippen LogP contribution in [0.3, 0.4) is 0 Å². The summed E-state index contributed by atoms with van der Waals surface area (Å²) in [5.41, 5.74) is 5.73. The first kappa shape index (κ1) is 16.5. The average Bonchev–Trinajstić information content (AvgIpc) is 3.04. The van der Waals surface area contributed by atoms with Crippen LogP contribution < -0.4 is 16.4 Å². The number of aryl methyl sites for hydroxylation is 1. The molecule has 0 bridgehead atoms. The van der Waals surface area contributed by atoms with Gasteiger partial charge in [0.05, 0.1) is 12.2 Å². The minimum Gasteiger partial charge on any atom is -0.361 e. The molecule has 124 valence electrons. The second kappa shape index (κ2) is 6.07. The molecule has 4 N–H and O–H groups in total. The fraction of sp³-hybridized carbons (Fsp3) is 0.462. The number of amides is 3. The Balaban J connectivity index is 1.94. The van der Waals surface area contributed by atoms with E-state index in [4.69, 9.17) is 5.73 Å². The molecule has 0 saturated carbocycles. The summed E-state index contributed by atoms with van der Waals surface area (Å²) in [6, 6.07) is 1.35. The Labute approximate surface area is 132 Å². The molecule has 0 unspecified atom stereocenters. The highest BCUT2D eigenvalue weighted by molar-refractivity contribution is 5.88. The quantitative estimate of drug-likeness (QED) is 0.749. The van der Waals surface area contributed by atoms with Gasteiger partial charge >= 0.3 is 17.8 Å². The Kier molecular flexibility index (Phi) is 4.34. The largest absolute Gasteiger partial charge is 0.361 e. The van der Waals surface area contributed by atoms with Gasteiger partial charge in [-0.1, -0.05) is 25.9 Å². The van der Waals surface area contributed by atoms with E-state index in [1.807, 2.05) is 20.8 Å². The highest BCUT2D eigenvalue weighted by Crippen LogP contribution is 2.23. The van der Waals surface area contributed by atoms with E-state index in [9.17, 15) is 9.59 Å². The zero-order valence-corrected chi connectivity index (χ0v) is 13.4. The molecule has 0 saturated heterocycles. The summed E-state index contributed by atoms with van der Waals surface area (Å²) in [6.45, 7) is 6.09. The molecule has 2 heterocycles. The van der Waals surface area contributed by atoms with Gasteiger partial charge < -0.3 is 15.6 Å². The van der Waals surface area contributed by atoms with Crippen molar-refractivity contribution in [2.45, 2.75) is 32.7 Å². The lowest BCUT2D eigenvalue weighted by Crippen LogP contribution is -2.29. The second-order valence-corrected chi connectivity index (χ2v) is 5.98. The first-order valence-corrected chi connectivity index (χ1v) is 6.88. The third kappa shape index (κ3) is 4.05. The van der Waals surface area contributed by atoms with Gasteiger partial charge in [-0.25, -0.2) is 4.79 Å². The summed E-state index contributed by atoms with van der Waals surface area (Å²) < 4.78 is 6.20. The normalized spacial score (nSPS) is 11.3. The number of carbonyl (C=O) groups excluding carboxylic acids is 2. The molecule has 23 heavy (non-hydrogen) atoms. The molecule has 10 heteroatoms. The maximum absolute atomic E-state index is 11.9. The lowest BCUT2D eigenvalue weighted by Gasteiger charge is -2.13. The monoisotopic (exact) mass is 321 g/mol. The maximum atomic E-state index is 11.9. The van der Waals surface area contributed by atoms with Crippen molar-refractivity contribution in [3.8, 4) is 0 Å². The molecule has 0 aliphatic heterocycles. The summed E-state index contributed by atoms with van der Waals surface area (Å²) in [5.74, 6) is -0.422. The van der Waals surface area contributed by atoms with Crippen LogP contribution in [-0.4, -0.2) is 31.9 Å². The highest BCUT2D eigenvalue weighted by Gasteiger charge is 2.19. The summed E-state index contributed by atoms with van der Waals surface area (Å²) in [4.78, 5) is 26.5. The number of nitrogens with zero attached hydrogens (tertiary/aromatic N) is 4. The Morgan fingerprint density at radius 1 is 1.39 bits per heavy atom. The van der Waals surface area contributed by atoms with Crippen molar-refractivity contribution >= 4 is 17.8 Å². The molecular weight excluding hydrogens is 302 g/mol. The van der Waals surface area contributed by atoms with E-state index >= 15 is 0 Å². The van der Waals surface area contributed by atoms with Gasteiger partial charge in [0, 0.05) is 18.5 Å². The van der Waals surface area contributed by atoms with Crippen LogP contribution >= 0.6 is 0 Å². The fourth-order valence-electron chi connectivity index (χ4n) is 1.70. The number of hydrogen-bond donors (Lipinski definition) is 3. The Bertz CT molecular complexity index is 726. The van der Waals surface area contributed by atoms with Crippen LogP contribution in [0, 0.1) is 0 Å². The number of carbonyl (C=O) groups is 2. The van der Waals surface area contributed by atoms with E-state index in [1.54, 1.807) is 17.8 Å². The number of rotatable bonds is 4. The molecule has 0 atom stereocenters. The Morgan fingerprint density at radius 2 is 2.09 bits per heavy atom. The zero-order valence-electron chi connectivity index (χ0n) is 13.4. The van der Waals surface area contributed by atoms with Crippen molar-refractivity contribution in [1.82, 2.24) is 25.2 Å².